The Bertz CT molecular complexity index is 589. The maximum Gasteiger partial charge on any atom is 0.240 e. The number of nitrogens with one attached hydrogen (secondary N) is 1. The van der Waals surface area contributed by atoms with E-state index >= 15 is 0 Å². The fraction of sp³-hybridized carbons (Fsp3) is 0.571. The van der Waals surface area contributed by atoms with Crippen molar-refractivity contribution in [2.75, 3.05) is 5.73 Å². The van der Waals surface area contributed by atoms with Crippen LogP contribution in [-0.2, 0) is 10.0 Å². The molecule has 0 radical (unpaired) electrons. The predicted molar refractivity (Wildman–Crippen MR) is 82.2 cm³/mol. The Balaban J connectivity index is 2.13. The molecule has 0 aliphatic heterocycles. The number of halogens is 1. The van der Waals surface area contributed by atoms with Gasteiger partial charge in [-0.15, -0.1) is 0 Å². The first-order valence-corrected chi connectivity index (χ1v) is 8.73. The van der Waals surface area contributed by atoms with E-state index in [2.05, 4.69) is 18.6 Å². The maximum absolute atomic E-state index is 12.3. The van der Waals surface area contributed by atoms with Crippen LogP contribution in [0.4, 0.5) is 5.69 Å². The average Bonchev–Trinajstić information content (AvgIpc) is 2.37. The first-order chi connectivity index (χ1) is 9.29. The molecular weight excluding hydrogens is 296 g/mol. The Morgan fingerprint density at radius 3 is 2.55 bits per heavy atom. The molecule has 0 spiro atoms. The van der Waals surface area contributed by atoms with E-state index in [1.807, 2.05) is 0 Å². The highest BCUT2D eigenvalue weighted by atomic mass is 35.5. The van der Waals surface area contributed by atoms with E-state index in [1.54, 1.807) is 0 Å². The molecule has 112 valence electrons. The third-order valence-electron chi connectivity index (χ3n) is 4.20. The third kappa shape index (κ3) is 3.45. The van der Waals surface area contributed by atoms with Gasteiger partial charge >= 0.3 is 0 Å². The van der Waals surface area contributed by atoms with E-state index < -0.39 is 10.0 Å². The van der Waals surface area contributed by atoms with Crippen molar-refractivity contribution in [2.24, 2.45) is 11.8 Å². The van der Waals surface area contributed by atoms with Crippen LogP contribution in [0.3, 0.4) is 0 Å². The molecule has 0 bridgehead atoms. The zero-order valence-corrected chi connectivity index (χ0v) is 13.3. The molecule has 1 fully saturated rings. The molecule has 3 unspecified atom stereocenters. The molecule has 1 aliphatic rings. The molecule has 1 aromatic carbocycles. The van der Waals surface area contributed by atoms with Gasteiger partial charge in [-0.1, -0.05) is 25.4 Å². The second-order valence-electron chi connectivity index (χ2n) is 5.77. The Kier molecular flexibility index (Phi) is 4.62. The molecule has 0 amide bonds. The molecule has 1 saturated carbocycles. The van der Waals surface area contributed by atoms with Gasteiger partial charge in [0.2, 0.25) is 10.0 Å². The average molecular weight is 317 g/mol. The summed E-state index contributed by atoms with van der Waals surface area (Å²) in [4.78, 5) is 0.172. The largest absolute Gasteiger partial charge is 0.397 e. The summed E-state index contributed by atoms with van der Waals surface area (Å²) in [6.07, 6.45) is 2.81. The summed E-state index contributed by atoms with van der Waals surface area (Å²) < 4.78 is 27.5. The van der Waals surface area contributed by atoms with Crippen LogP contribution in [0, 0.1) is 11.8 Å². The lowest BCUT2D eigenvalue weighted by Gasteiger charge is -2.32. The second-order valence-corrected chi connectivity index (χ2v) is 7.89. The van der Waals surface area contributed by atoms with E-state index in [1.165, 1.54) is 18.2 Å². The Hall–Kier alpha value is -0.780. The number of hydrogen-bond donors (Lipinski definition) is 2. The van der Waals surface area contributed by atoms with Gasteiger partial charge < -0.3 is 5.73 Å². The van der Waals surface area contributed by atoms with Crippen LogP contribution in [0.25, 0.3) is 0 Å². The molecule has 3 N–H and O–H groups in total. The van der Waals surface area contributed by atoms with Gasteiger partial charge in [0.1, 0.15) is 0 Å². The molecule has 6 heteroatoms. The van der Waals surface area contributed by atoms with E-state index in [-0.39, 0.29) is 16.6 Å². The number of sulfonamides is 1. The van der Waals surface area contributed by atoms with Gasteiger partial charge in [0.05, 0.1) is 15.6 Å². The summed E-state index contributed by atoms with van der Waals surface area (Å²) in [6, 6.07) is 4.40. The zero-order valence-electron chi connectivity index (χ0n) is 11.8. The van der Waals surface area contributed by atoms with Crippen molar-refractivity contribution in [2.45, 2.75) is 44.0 Å². The molecule has 0 aromatic heterocycles. The van der Waals surface area contributed by atoms with Crippen molar-refractivity contribution in [3.8, 4) is 0 Å². The summed E-state index contributed by atoms with van der Waals surface area (Å²) >= 11 is 5.82. The lowest BCUT2D eigenvalue weighted by molar-refractivity contribution is 0.242. The number of nitrogen functional groups attached to an aromatic ring is 1. The van der Waals surface area contributed by atoms with Gasteiger partial charge in [-0.2, -0.15) is 0 Å². The standard InChI is InChI=1S/C14H21ClN2O2S/c1-9-3-4-11(7-10(9)2)17-20(18,19)12-5-6-13(15)14(16)8-12/h5-6,8-11,17H,3-4,7,16H2,1-2H3. The minimum Gasteiger partial charge on any atom is -0.397 e. The highest BCUT2D eigenvalue weighted by Crippen LogP contribution is 2.30. The van der Waals surface area contributed by atoms with Crippen molar-refractivity contribution in [3.63, 3.8) is 0 Å². The number of benzene rings is 1. The fourth-order valence-electron chi connectivity index (χ4n) is 2.63. The molecule has 2 rings (SSSR count). The third-order valence-corrected chi connectivity index (χ3v) is 6.06. The van der Waals surface area contributed by atoms with E-state index in [4.69, 9.17) is 17.3 Å². The van der Waals surface area contributed by atoms with Gasteiger partial charge in [-0.25, -0.2) is 13.1 Å². The SMILES string of the molecule is CC1CCC(NS(=O)(=O)c2ccc(Cl)c(N)c2)CC1C. The van der Waals surface area contributed by atoms with Crippen molar-refractivity contribution in [3.05, 3.63) is 23.2 Å². The topological polar surface area (TPSA) is 72.2 Å². The van der Waals surface area contributed by atoms with Gasteiger partial charge in [-0.05, 0) is 49.3 Å². The monoisotopic (exact) mass is 316 g/mol. The van der Waals surface area contributed by atoms with Crippen molar-refractivity contribution >= 4 is 27.3 Å². The highest BCUT2D eigenvalue weighted by Gasteiger charge is 2.28. The highest BCUT2D eigenvalue weighted by molar-refractivity contribution is 7.89. The van der Waals surface area contributed by atoms with E-state index in [9.17, 15) is 8.42 Å². The molecule has 20 heavy (non-hydrogen) atoms. The van der Waals surface area contributed by atoms with Crippen molar-refractivity contribution in [1.29, 1.82) is 0 Å². The molecule has 3 atom stereocenters. The molecule has 0 saturated heterocycles. The normalized spacial score (nSPS) is 27.4. The van der Waals surface area contributed by atoms with Crippen molar-refractivity contribution in [1.82, 2.24) is 4.72 Å². The minimum atomic E-state index is -3.53. The first kappa shape index (κ1) is 15.6. The summed E-state index contributed by atoms with van der Waals surface area (Å²) in [7, 11) is -3.53. The van der Waals surface area contributed by atoms with Crippen LogP contribution in [0.2, 0.25) is 5.02 Å². The van der Waals surface area contributed by atoms with Gasteiger partial charge in [0.25, 0.3) is 0 Å². The van der Waals surface area contributed by atoms with Crippen LogP contribution >= 0.6 is 11.6 Å². The molecule has 1 aliphatic carbocycles. The van der Waals surface area contributed by atoms with Crippen molar-refractivity contribution < 1.29 is 8.42 Å². The smallest absolute Gasteiger partial charge is 0.240 e. The van der Waals surface area contributed by atoms with Crippen LogP contribution in [0.5, 0.6) is 0 Å². The molecule has 4 nitrogen and oxygen atoms in total. The quantitative estimate of drug-likeness (QED) is 0.842. The molecule has 1 aromatic rings. The van der Waals surface area contributed by atoms with Gasteiger partial charge in [0.15, 0.2) is 0 Å². The van der Waals surface area contributed by atoms with Crippen LogP contribution < -0.4 is 10.5 Å². The minimum absolute atomic E-state index is 0.00287. The van der Waals surface area contributed by atoms with Crippen LogP contribution in [0.1, 0.15) is 33.1 Å². The lowest BCUT2D eigenvalue weighted by Crippen LogP contribution is -2.39. The van der Waals surface area contributed by atoms with Crippen LogP contribution in [-0.4, -0.2) is 14.5 Å². The number of anilines is 1. The first-order valence-electron chi connectivity index (χ1n) is 6.87. The summed E-state index contributed by atoms with van der Waals surface area (Å²) in [5.74, 6) is 1.19. The fourth-order valence-corrected chi connectivity index (χ4v) is 4.07. The Morgan fingerprint density at radius 2 is 1.95 bits per heavy atom. The summed E-state index contributed by atoms with van der Waals surface area (Å²) in [5.41, 5.74) is 5.94. The Morgan fingerprint density at radius 1 is 1.25 bits per heavy atom. The van der Waals surface area contributed by atoms with Gasteiger partial charge in [0, 0.05) is 6.04 Å². The lowest BCUT2D eigenvalue weighted by atomic mass is 9.79. The summed E-state index contributed by atoms with van der Waals surface area (Å²) in [5, 5.41) is 0.365. The molecule has 0 heterocycles. The van der Waals surface area contributed by atoms with Gasteiger partial charge in [-0.3, -0.25) is 0 Å². The summed E-state index contributed by atoms with van der Waals surface area (Å²) in [6.45, 7) is 4.39. The van der Waals surface area contributed by atoms with Crippen LogP contribution in [0.15, 0.2) is 23.1 Å². The Labute approximate surface area is 125 Å². The van der Waals surface area contributed by atoms with E-state index in [0.29, 0.717) is 16.9 Å². The number of nitrogens with two attached hydrogens (primary N) is 1. The zero-order chi connectivity index (χ0) is 14.9. The van der Waals surface area contributed by atoms with E-state index in [0.717, 1.165) is 19.3 Å². The number of hydrogen-bond acceptors (Lipinski definition) is 3. The molecular formula is C14H21ClN2O2S. The number of rotatable bonds is 3. The predicted octanol–water partition coefficient (Wildman–Crippen LogP) is 3.03. The maximum atomic E-state index is 12.3. The second kappa shape index (κ2) is 5.92.